The van der Waals surface area contributed by atoms with Crippen LogP contribution >= 0.6 is 0 Å². The third kappa shape index (κ3) is 5.81. The van der Waals surface area contributed by atoms with Crippen LogP contribution in [0, 0.1) is 11.8 Å². The fourth-order valence-electron chi connectivity index (χ4n) is 2.94. The molecule has 0 radical (unpaired) electrons. The summed E-state index contributed by atoms with van der Waals surface area (Å²) in [6.45, 7) is 3.59. The number of aldehydes is 1. The maximum Gasteiger partial charge on any atom is 0.123 e. The van der Waals surface area contributed by atoms with E-state index in [0.29, 0.717) is 11.8 Å². The van der Waals surface area contributed by atoms with Crippen molar-refractivity contribution in [2.45, 2.75) is 70.3 Å². The van der Waals surface area contributed by atoms with E-state index in [2.05, 4.69) is 6.58 Å². The van der Waals surface area contributed by atoms with Crippen molar-refractivity contribution in [1.29, 1.82) is 0 Å². The molecule has 0 spiro atoms. The highest BCUT2D eigenvalue weighted by atomic mass is 16.3. The van der Waals surface area contributed by atoms with Gasteiger partial charge in [0.25, 0.3) is 0 Å². The molecule has 2 nitrogen and oxygen atoms in total. The first-order chi connectivity index (χ1) is 8.77. The Balaban J connectivity index is 0.000000184. The van der Waals surface area contributed by atoms with Crippen LogP contribution in [0.25, 0.3) is 0 Å². The van der Waals surface area contributed by atoms with Gasteiger partial charge in [-0.15, -0.1) is 6.58 Å². The van der Waals surface area contributed by atoms with E-state index in [1.54, 1.807) is 6.08 Å². The first-order valence-corrected chi connectivity index (χ1v) is 7.54. The molecule has 2 heteroatoms. The van der Waals surface area contributed by atoms with Crippen molar-refractivity contribution in [1.82, 2.24) is 0 Å². The van der Waals surface area contributed by atoms with Crippen LogP contribution < -0.4 is 0 Å². The SMILES string of the molecule is C=CC(O)C1CCCCC1.O=CC1CCCCC1. The molecule has 0 saturated heterocycles. The zero-order valence-corrected chi connectivity index (χ0v) is 11.5. The molecule has 0 aliphatic heterocycles. The van der Waals surface area contributed by atoms with Gasteiger partial charge in [0.15, 0.2) is 0 Å². The smallest absolute Gasteiger partial charge is 0.123 e. The van der Waals surface area contributed by atoms with Gasteiger partial charge in [0.2, 0.25) is 0 Å². The number of rotatable bonds is 3. The van der Waals surface area contributed by atoms with Gasteiger partial charge in [0.1, 0.15) is 6.29 Å². The van der Waals surface area contributed by atoms with Crippen LogP contribution in [0.3, 0.4) is 0 Å². The summed E-state index contributed by atoms with van der Waals surface area (Å²) in [5.41, 5.74) is 0. The van der Waals surface area contributed by atoms with Crippen molar-refractivity contribution in [3.63, 3.8) is 0 Å². The lowest BCUT2D eigenvalue weighted by atomic mass is 9.85. The minimum atomic E-state index is -0.250. The second kappa shape index (κ2) is 9.32. The van der Waals surface area contributed by atoms with Crippen LogP contribution in [0.1, 0.15) is 64.2 Å². The van der Waals surface area contributed by atoms with Crippen LogP contribution in [0.4, 0.5) is 0 Å². The van der Waals surface area contributed by atoms with E-state index in [1.165, 1.54) is 51.4 Å². The number of carbonyl (C=O) groups is 1. The Labute approximate surface area is 111 Å². The number of carbonyl (C=O) groups excluding carboxylic acids is 1. The van der Waals surface area contributed by atoms with Crippen LogP contribution in [-0.4, -0.2) is 17.5 Å². The molecule has 0 aromatic carbocycles. The summed E-state index contributed by atoms with van der Waals surface area (Å²) < 4.78 is 0. The van der Waals surface area contributed by atoms with Crippen LogP contribution in [0.15, 0.2) is 12.7 Å². The van der Waals surface area contributed by atoms with Crippen LogP contribution in [0.5, 0.6) is 0 Å². The van der Waals surface area contributed by atoms with Crippen molar-refractivity contribution in [3.8, 4) is 0 Å². The van der Waals surface area contributed by atoms with Gasteiger partial charge in [0, 0.05) is 5.92 Å². The Morgan fingerprint density at radius 2 is 1.44 bits per heavy atom. The molecule has 0 aromatic heterocycles. The van der Waals surface area contributed by atoms with Gasteiger partial charge in [-0.05, 0) is 31.6 Å². The lowest BCUT2D eigenvalue weighted by molar-refractivity contribution is -0.111. The summed E-state index contributed by atoms with van der Waals surface area (Å²) in [7, 11) is 0. The molecule has 2 aliphatic carbocycles. The molecular weight excluding hydrogens is 224 g/mol. The van der Waals surface area contributed by atoms with E-state index < -0.39 is 0 Å². The van der Waals surface area contributed by atoms with Gasteiger partial charge in [0.05, 0.1) is 6.10 Å². The van der Waals surface area contributed by atoms with E-state index in [4.69, 9.17) is 0 Å². The predicted octanol–water partition coefficient (Wildman–Crippen LogP) is 3.88. The predicted molar refractivity (Wildman–Crippen MR) is 75.4 cm³/mol. The Bertz CT molecular complexity index is 225. The van der Waals surface area contributed by atoms with Gasteiger partial charge in [-0.3, -0.25) is 0 Å². The summed E-state index contributed by atoms with van der Waals surface area (Å²) in [6.07, 6.45) is 15.0. The Kier molecular flexibility index (Phi) is 7.99. The van der Waals surface area contributed by atoms with E-state index in [-0.39, 0.29) is 6.10 Å². The molecule has 2 saturated carbocycles. The summed E-state index contributed by atoms with van der Waals surface area (Å²) in [6, 6.07) is 0. The maximum atomic E-state index is 10.2. The molecule has 2 rings (SSSR count). The number of aliphatic hydroxyl groups excluding tert-OH is 1. The lowest BCUT2D eigenvalue weighted by Crippen LogP contribution is -2.20. The summed E-state index contributed by atoms with van der Waals surface area (Å²) in [5, 5.41) is 9.36. The van der Waals surface area contributed by atoms with Crippen LogP contribution in [-0.2, 0) is 4.79 Å². The third-order valence-corrected chi connectivity index (χ3v) is 4.22. The second-order valence-electron chi connectivity index (χ2n) is 5.66. The largest absolute Gasteiger partial charge is 0.389 e. The zero-order valence-electron chi connectivity index (χ0n) is 11.5. The Morgan fingerprint density at radius 1 is 0.944 bits per heavy atom. The van der Waals surface area contributed by atoms with E-state index in [0.717, 1.165) is 19.1 Å². The molecule has 1 atom stereocenters. The van der Waals surface area contributed by atoms with Crippen molar-refractivity contribution in [2.75, 3.05) is 0 Å². The highest BCUT2D eigenvalue weighted by Crippen LogP contribution is 2.26. The summed E-state index contributed by atoms with van der Waals surface area (Å²) in [4.78, 5) is 10.2. The first-order valence-electron chi connectivity index (χ1n) is 7.54. The fraction of sp³-hybridized carbons (Fsp3) is 0.812. The van der Waals surface area contributed by atoms with Crippen molar-refractivity contribution in [2.24, 2.45) is 11.8 Å². The van der Waals surface area contributed by atoms with Crippen molar-refractivity contribution < 1.29 is 9.90 Å². The molecule has 2 aliphatic rings. The molecule has 0 amide bonds. The van der Waals surface area contributed by atoms with Gasteiger partial charge < -0.3 is 9.90 Å². The average Bonchev–Trinajstić information content (AvgIpc) is 2.49. The molecule has 0 bridgehead atoms. The molecule has 1 N–H and O–H groups in total. The average molecular weight is 252 g/mol. The lowest BCUT2D eigenvalue weighted by Gasteiger charge is -2.24. The topological polar surface area (TPSA) is 37.3 Å². The van der Waals surface area contributed by atoms with Gasteiger partial charge >= 0.3 is 0 Å². The second-order valence-corrected chi connectivity index (χ2v) is 5.66. The monoisotopic (exact) mass is 252 g/mol. The highest BCUT2D eigenvalue weighted by molar-refractivity contribution is 5.53. The van der Waals surface area contributed by atoms with Crippen molar-refractivity contribution in [3.05, 3.63) is 12.7 Å². The molecule has 18 heavy (non-hydrogen) atoms. The highest BCUT2D eigenvalue weighted by Gasteiger charge is 2.18. The summed E-state index contributed by atoms with van der Waals surface area (Å²) >= 11 is 0. The molecule has 2 fully saturated rings. The normalized spacial score (nSPS) is 23.6. The standard InChI is InChI=1S/C9H16O.C7H12O/c1-2-9(10)8-6-4-3-5-7-8;8-6-7-4-2-1-3-5-7/h2,8-10H,1,3-7H2;6-7H,1-5H2. The molecule has 0 aromatic rings. The van der Waals surface area contributed by atoms with Gasteiger partial charge in [-0.2, -0.15) is 0 Å². The van der Waals surface area contributed by atoms with E-state index in [1.807, 2.05) is 0 Å². The maximum absolute atomic E-state index is 10.2. The molecule has 1 unspecified atom stereocenters. The number of aliphatic hydroxyl groups is 1. The van der Waals surface area contributed by atoms with Gasteiger partial charge in [-0.25, -0.2) is 0 Å². The van der Waals surface area contributed by atoms with Crippen LogP contribution in [0.2, 0.25) is 0 Å². The molecule has 0 heterocycles. The third-order valence-electron chi connectivity index (χ3n) is 4.22. The van der Waals surface area contributed by atoms with E-state index >= 15 is 0 Å². The van der Waals surface area contributed by atoms with E-state index in [9.17, 15) is 9.90 Å². The van der Waals surface area contributed by atoms with Crippen molar-refractivity contribution >= 4 is 6.29 Å². The number of hydrogen-bond acceptors (Lipinski definition) is 2. The quantitative estimate of drug-likeness (QED) is 0.611. The first kappa shape index (κ1) is 15.4. The summed E-state index contributed by atoms with van der Waals surface area (Å²) in [5.74, 6) is 0.912. The zero-order chi connectivity index (χ0) is 13.2. The molecular formula is C16H28O2. The minimum Gasteiger partial charge on any atom is -0.389 e. The van der Waals surface area contributed by atoms with Gasteiger partial charge in [-0.1, -0.05) is 44.6 Å². The number of hydrogen-bond donors (Lipinski definition) is 1. The fourth-order valence-corrected chi connectivity index (χ4v) is 2.94. The minimum absolute atomic E-state index is 0.250. The Morgan fingerprint density at radius 3 is 1.83 bits per heavy atom. The molecule has 104 valence electrons. The Hall–Kier alpha value is -0.630.